The summed E-state index contributed by atoms with van der Waals surface area (Å²) in [6.07, 6.45) is 0.708. The highest BCUT2D eigenvalue weighted by atomic mass is 16.5. The summed E-state index contributed by atoms with van der Waals surface area (Å²) >= 11 is 0. The quantitative estimate of drug-likeness (QED) is 0.742. The average Bonchev–Trinajstić information content (AvgIpc) is 2.54. The van der Waals surface area contributed by atoms with Gasteiger partial charge in [0.1, 0.15) is 5.75 Å². The van der Waals surface area contributed by atoms with Gasteiger partial charge in [-0.15, -0.1) is 0 Å². The van der Waals surface area contributed by atoms with Crippen LogP contribution in [0.2, 0.25) is 0 Å². The van der Waals surface area contributed by atoms with Crippen LogP contribution in [0.25, 0.3) is 0 Å². The molecule has 0 fully saturated rings. The van der Waals surface area contributed by atoms with E-state index in [1.54, 1.807) is 19.2 Å². The molecule has 0 saturated carbocycles. The summed E-state index contributed by atoms with van der Waals surface area (Å²) < 4.78 is 5.17. The van der Waals surface area contributed by atoms with E-state index in [0.717, 1.165) is 5.56 Å². The Morgan fingerprint density at radius 3 is 2.67 bits per heavy atom. The smallest absolute Gasteiger partial charge is 0.296 e. The van der Waals surface area contributed by atoms with E-state index in [-0.39, 0.29) is 0 Å². The number of methoxy groups -OCH3 is 1. The standard InChI is InChI=1S/C11H11NO3/c1-3-6-8(15-2)5-4-7-9(6)12-11(14)10(7)13/h4-5H,3H2,1-2H3,(H,12,13,14). The summed E-state index contributed by atoms with van der Waals surface area (Å²) in [6, 6.07) is 3.34. The van der Waals surface area contributed by atoms with E-state index in [4.69, 9.17) is 4.74 Å². The number of hydrogen-bond acceptors (Lipinski definition) is 3. The van der Waals surface area contributed by atoms with Crippen molar-refractivity contribution in [1.29, 1.82) is 0 Å². The van der Waals surface area contributed by atoms with Gasteiger partial charge in [-0.1, -0.05) is 6.92 Å². The van der Waals surface area contributed by atoms with Gasteiger partial charge in [-0.3, -0.25) is 9.59 Å². The highest BCUT2D eigenvalue weighted by Crippen LogP contribution is 2.34. The molecule has 78 valence electrons. The molecule has 1 aromatic rings. The Morgan fingerprint density at radius 2 is 2.07 bits per heavy atom. The van der Waals surface area contributed by atoms with Crippen LogP contribution in [0.3, 0.4) is 0 Å². The molecule has 15 heavy (non-hydrogen) atoms. The maximum absolute atomic E-state index is 11.4. The van der Waals surface area contributed by atoms with Crippen LogP contribution in [0.1, 0.15) is 22.8 Å². The normalized spacial score (nSPS) is 13.7. The third-order valence-electron chi connectivity index (χ3n) is 2.53. The number of carbonyl (C=O) groups is 2. The number of anilines is 1. The van der Waals surface area contributed by atoms with Gasteiger partial charge in [0.05, 0.1) is 18.4 Å². The zero-order valence-electron chi connectivity index (χ0n) is 8.59. The third kappa shape index (κ3) is 1.29. The number of Topliss-reactive ketones (excluding diaryl/α,β-unsaturated/α-hetero) is 1. The number of ether oxygens (including phenoxy) is 1. The Bertz CT molecular complexity index is 451. The van der Waals surface area contributed by atoms with Gasteiger partial charge in [0.25, 0.3) is 11.7 Å². The molecule has 1 aliphatic rings. The molecular formula is C11H11NO3. The lowest BCUT2D eigenvalue weighted by Gasteiger charge is -2.10. The van der Waals surface area contributed by atoms with Crippen LogP contribution in [0.4, 0.5) is 5.69 Å². The number of carbonyl (C=O) groups excluding carboxylic acids is 2. The second-order valence-corrected chi connectivity index (χ2v) is 3.31. The number of ketones is 1. The molecule has 1 N–H and O–H groups in total. The number of amides is 1. The van der Waals surface area contributed by atoms with Crippen molar-refractivity contribution in [3.8, 4) is 5.75 Å². The van der Waals surface area contributed by atoms with Crippen LogP contribution >= 0.6 is 0 Å². The van der Waals surface area contributed by atoms with E-state index >= 15 is 0 Å². The first-order valence-electron chi connectivity index (χ1n) is 4.74. The molecule has 0 aliphatic carbocycles. The Balaban J connectivity index is 2.64. The Kier molecular flexibility index (Phi) is 2.19. The fraction of sp³-hybridized carbons (Fsp3) is 0.273. The number of benzene rings is 1. The van der Waals surface area contributed by atoms with Crippen molar-refractivity contribution >= 4 is 17.4 Å². The molecule has 4 heteroatoms. The van der Waals surface area contributed by atoms with Crippen molar-refractivity contribution < 1.29 is 14.3 Å². The zero-order chi connectivity index (χ0) is 11.0. The minimum Gasteiger partial charge on any atom is -0.496 e. The van der Waals surface area contributed by atoms with Gasteiger partial charge in [0.15, 0.2) is 0 Å². The molecule has 0 aromatic heterocycles. The SMILES string of the molecule is CCc1c(OC)ccc2c1NC(=O)C2=O. The Labute approximate surface area is 87.2 Å². The second kappa shape index (κ2) is 3.38. The van der Waals surface area contributed by atoms with Crippen molar-refractivity contribution in [2.45, 2.75) is 13.3 Å². The van der Waals surface area contributed by atoms with Crippen molar-refractivity contribution in [2.24, 2.45) is 0 Å². The molecule has 0 saturated heterocycles. The lowest BCUT2D eigenvalue weighted by atomic mass is 10.0. The molecule has 1 aromatic carbocycles. The van der Waals surface area contributed by atoms with E-state index in [2.05, 4.69) is 5.32 Å². The molecule has 4 nitrogen and oxygen atoms in total. The van der Waals surface area contributed by atoms with E-state index in [1.165, 1.54) is 0 Å². The summed E-state index contributed by atoms with van der Waals surface area (Å²) in [6.45, 7) is 1.95. The summed E-state index contributed by atoms with van der Waals surface area (Å²) in [5.74, 6) is -0.332. The van der Waals surface area contributed by atoms with Crippen molar-refractivity contribution in [3.05, 3.63) is 23.3 Å². The molecule has 1 amide bonds. The van der Waals surface area contributed by atoms with Gasteiger partial charge in [0, 0.05) is 5.56 Å². The fourth-order valence-electron chi connectivity index (χ4n) is 1.80. The molecule has 2 rings (SSSR count). The summed E-state index contributed by atoms with van der Waals surface area (Å²) in [4.78, 5) is 22.6. The van der Waals surface area contributed by atoms with Crippen molar-refractivity contribution in [3.63, 3.8) is 0 Å². The number of nitrogens with one attached hydrogen (secondary N) is 1. The van der Waals surface area contributed by atoms with Gasteiger partial charge in [0.2, 0.25) is 0 Å². The number of hydrogen-bond donors (Lipinski definition) is 1. The summed E-state index contributed by atoms with van der Waals surface area (Å²) in [5.41, 5.74) is 1.92. The van der Waals surface area contributed by atoms with Crippen LogP contribution < -0.4 is 10.1 Å². The maximum Gasteiger partial charge on any atom is 0.296 e. The lowest BCUT2D eigenvalue weighted by molar-refractivity contribution is -0.112. The van der Waals surface area contributed by atoms with Gasteiger partial charge in [-0.2, -0.15) is 0 Å². The van der Waals surface area contributed by atoms with Gasteiger partial charge >= 0.3 is 0 Å². The van der Waals surface area contributed by atoms with Crippen LogP contribution in [0, 0.1) is 0 Å². The first-order valence-corrected chi connectivity index (χ1v) is 4.74. The van der Waals surface area contributed by atoms with Crippen LogP contribution in [-0.4, -0.2) is 18.8 Å². The molecule has 0 spiro atoms. The second-order valence-electron chi connectivity index (χ2n) is 3.31. The van der Waals surface area contributed by atoms with E-state index in [0.29, 0.717) is 23.4 Å². The topological polar surface area (TPSA) is 55.4 Å². The molecular weight excluding hydrogens is 194 g/mol. The van der Waals surface area contributed by atoms with Gasteiger partial charge in [-0.25, -0.2) is 0 Å². The first kappa shape index (κ1) is 9.71. The number of rotatable bonds is 2. The Morgan fingerprint density at radius 1 is 1.33 bits per heavy atom. The molecule has 0 atom stereocenters. The summed E-state index contributed by atoms with van der Waals surface area (Å²) in [5, 5.41) is 2.57. The predicted octanol–water partition coefficient (Wildman–Crippen LogP) is 1.39. The van der Waals surface area contributed by atoms with E-state index in [1.807, 2.05) is 6.92 Å². The molecule has 0 bridgehead atoms. The van der Waals surface area contributed by atoms with Gasteiger partial charge < -0.3 is 10.1 Å². The molecule has 1 aliphatic heterocycles. The fourth-order valence-corrected chi connectivity index (χ4v) is 1.80. The van der Waals surface area contributed by atoms with Crippen molar-refractivity contribution in [1.82, 2.24) is 0 Å². The van der Waals surface area contributed by atoms with Gasteiger partial charge in [-0.05, 0) is 18.6 Å². The molecule has 1 heterocycles. The molecule has 0 unspecified atom stereocenters. The van der Waals surface area contributed by atoms with Crippen molar-refractivity contribution in [2.75, 3.05) is 12.4 Å². The summed E-state index contributed by atoms with van der Waals surface area (Å²) in [7, 11) is 1.57. The number of fused-ring (bicyclic) bond motifs is 1. The molecule has 0 radical (unpaired) electrons. The highest BCUT2D eigenvalue weighted by Gasteiger charge is 2.30. The highest BCUT2D eigenvalue weighted by molar-refractivity contribution is 6.51. The lowest BCUT2D eigenvalue weighted by Crippen LogP contribution is -2.12. The van der Waals surface area contributed by atoms with Crippen LogP contribution in [0.15, 0.2) is 12.1 Å². The van der Waals surface area contributed by atoms with Crippen LogP contribution in [0.5, 0.6) is 5.75 Å². The zero-order valence-corrected chi connectivity index (χ0v) is 8.59. The maximum atomic E-state index is 11.4. The van der Waals surface area contributed by atoms with Crippen LogP contribution in [-0.2, 0) is 11.2 Å². The third-order valence-corrected chi connectivity index (χ3v) is 2.53. The largest absolute Gasteiger partial charge is 0.496 e. The first-order chi connectivity index (χ1) is 7.19. The minimum atomic E-state index is -0.562. The Hall–Kier alpha value is -1.84. The van der Waals surface area contributed by atoms with E-state index < -0.39 is 11.7 Å². The predicted molar refractivity (Wildman–Crippen MR) is 55.3 cm³/mol. The minimum absolute atomic E-state index is 0.442. The monoisotopic (exact) mass is 205 g/mol. The van der Waals surface area contributed by atoms with E-state index in [9.17, 15) is 9.59 Å². The average molecular weight is 205 g/mol.